The number of carbonyl (C=O) groups excluding carboxylic acids is 2. The van der Waals surface area contributed by atoms with E-state index in [1.54, 1.807) is 72.8 Å². The molecule has 0 spiro atoms. The second-order valence-electron chi connectivity index (χ2n) is 7.23. The molecule has 0 saturated heterocycles. The van der Waals surface area contributed by atoms with Crippen LogP contribution >= 0.6 is 11.6 Å². The first-order valence-electron chi connectivity index (χ1n) is 9.62. The summed E-state index contributed by atoms with van der Waals surface area (Å²) in [5, 5.41) is 6.14. The number of benzene rings is 3. The summed E-state index contributed by atoms with van der Waals surface area (Å²) in [4.78, 5) is 25.0. The van der Waals surface area contributed by atoms with E-state index in [2.05, 4.69) is 24.5 Å². The predicted octanol–water partition coefficient (Wildman–Crippen LogP) is 5.88. The lowest BCUT2D eigenvalue weighted by molar-refractivity contribution is 0.101. The molecular formula is C24H23ClN2O3. The smallest absolute Gasteiger partial charge is 0.255 e. The SMILES string of the molecule is CC(C)COc1ccc(C(=O)Nc2cccc(C(=O)Nc3cccc(Cl)c3)c2)cc1. The molecule has 2 amide bonds. The largest absolute Gasteiger partial charge is 0.493 e. The third-order valence-corrected chi connectivity index (χ3v) is 4.40. The lowest BCUT2D eigenvalue weighted by atomic mass is 10.1. The van der Waals surface area contributed by atoms with Crippen LogP contribution in [-0.4, -0.2) is 18.4 Å². The fourth-order valence-corrected chi connectivity index (χ4v) is 2.87. The van der Waals surface area contributed by atoms with Gasteiger partial charge in [0.05, 0.1) is 6.61 Å². The lowest BCUT2D eigenvalue weighted by Gasteiger charge is -2.10. The number of anilines is 2. The Balaban J connectivity index is 1.64. The fourth-order valence-electron chi connectivity index (χ4n) is 2.68. The molecule has 0 unspecified atom stereocenters. The van der Waals surface area contributed by atoms with Crippen LogP contribution in [0.1, 0.15) is 34.6 Å². The minimum atomic E-state index is -0.292. The van der Waals surface area contributed by atoms with Crippen molar-refractivity contribution in [2.75, 3.05) is 17.2 Å². The Morgan fingerprint density at radius 1 is 0.833 bits per heavy atom. The lowest BCUT2D eigenvalue weighted by Crippen LogP contribution is -2.14. The third kappa shape index (κ3) is 6.09. The number of carbonyl (C=O) groups is 2. The number of halogens is 1. The molecule has 5 nitrogen and oxygen atoms in total. The van der Waals surface area contributed by atoms with E-state index in [1.165, 1.54) is 0 Å². The first-order chi connectivity index (χ1) is 14.4. The summed E-state index contributed by atoms with van der Waals surface area (Å²) in [5.41, 5.74) is 2.05. The van der Waals surface area contributed by atoms with Crippen molar-refractivity contribution in [3.8, 4) is 5.75 Å². The Bertz CT molecular complexity index is 1030. The molecule has 6 heteroatoms. The standard InChI is InChI=1S/C24H23ClN2O3/c1-16(2)15-30-22-11-9-17(10-12-22)23(28)26-20-7-3-5-18(13-20)24(29)27-21-8-4-6-19(25)14-21/h3-14,16H,15H2,1-2H3,(H,26,28)(H,27,29). The summed E-state index contributed by atoms with van der Waals surface area (Å²) in [5.74, 6) is 0.592. The van der Waals surface area contributed by atoms with E-state index in [9.17, 15) is 9.59 Å². The van der Waals surface area contributed by atoms with Crippen molar-refractivity contribution in [2.24, 2.45) is 5.92 Å². The Hall–Kier alpha value is -3.31. The number of rotatable bonds is 7. The number of ether oxygens (including phenoxy) is 1. The Labute approximate surface area is 181 Å². The summed E-state index contributed by atoms with van der Waals surface area (Å²) in [6.07, 6.45) is 0. The van der Waals surface area contributed by atoms with Crippen LogP contribution in [0, 0.1) is 5.92 Å². The topological polar surface area (TPSA) is 67.4 Å². The van der Waals surface area contributed by atoms with Gasteiger partial charge >= 0.3 is 0 Å². The van der Waals surface area contributed by atoms with Crippen molar-refractivity contribution in [3.05, 3.63) is 88.9 Å². The van der Waals surface area contributed by atoms with Crippen LogP contribution in [0.2, 0.25) is 5.02 Å². The molecule has 0 atom stereocenters. The first kappa shape index (κ1) is 21.4. The van der Waals surface area contributed by atoms with Crippen molar-refractivity contribution in [1.29, 1.82) is 0 Å². The normalized spacial score (nSPS) is 10.5. The maximum absolute atomic E-state index is 12.5. The van der Waals surface area contributed by atoms with Crippen molar-refractivity contribution in [1.82, 2.24) is 0 Å². The summed E-state index contributed by atoms with van der Waals surface area (Å²) < 4.78 is 5.63. The maximum atomic E-state index is 12.5. The van der Waals surface area contributed by atoms with Gasteiger partial charge in [-0.2, -0.15) is 0 Å². The van der Waals surface area contributed by atoms with Crippen LogP contribution in [-0.2, 0) is 0 Å². The van der Waals surface area contributed by atoms with E-state index >= 15 is 0 Å². The van der Waals surface area contributed by atoms with Gasteiger partial charge in [-0.15, -0.1) is 0 Å². The van der Waals surface area contributed by atoms with E-state index in [0.29, 0.717) is 40.0 Å². The molecule has 0 heterocycles. The zero-order valence-corrected chi connectivity index (χ0v) is 17.6. The minimum absolute atomic E-state index is 0.266. The first-order valence-corrected chi connectivity index (χ1v) is 10.00. The quantitative estimate of drug-likeness (QED) is 0.499. The minimum Gasteiger partial charge on any atom is -0.493 e. The molecule has 0 aliphatic rings. The predicted molar refractivity (Wildman–Crippen MR) is 121 cm³/mol. The van der Waals surface area contributed by atoms with Gasteiger partial charge in [0.1, 0.15) is 5.75 Å². The van der Waals surface area contributed by atoms with Gasteiger partial charge in [-0.25, -0.2) is 0 Å². The molecule has 3 aromatic rings. The molecular weight excluding hydrogens is 400 g/mol. The number of amides is 2. The van der Waals surface area contributed by atoms with Gasteiger partial charge in [-0.05, 0) is 66.6 Å². The summed E-state index contributed by atoms with van der Waals surface area (Å²) in [6, 6.07) is 20.6. The second-order valence-corrected chi connectivity index (χ2v) is 7.67. The number of hydrogen-bond acceptors (Lipinski definition) is 3. The molecule has 0 aliphatic carbocycles. The highest BCUT2D eigenvalue weighted by Crippen LogP contribution is 2.18. The zero-order chi connectivity index (χ0) is 21.5. The van der Waals surface area contributed by atoms with Gasteiger partial charge in [0, 0.05) is 27.5 Å². The van der Waals surface area contributed by atoms with Crippen LogP contribution in [0.15, 0.2) is 72.8 Å². The Morgan fingerprint density at radius 3 is 2.07 bits per heavy atom. The van der Waals surface area contributed by atoms with Crippen molar-refractivity contribution in [3.63, 3.8) is 0 Å². The molecule has 2 N–H and O–H groups in total. The Morgan fingerprint density at radius 2 is 1.43 bits per heavy atom. The molecule has 0 radical (unpaired) electrons. The van der Waals surface area contributed by atoms with Gasteiger partial charge in [-0.3, -0.25) is 9.59 Å². The summed E-state index contributed by atoms with van der Waals surface area (Å²) in [6.45, 7) is 4.77. The highest BCUT2D eigenvalue weighted by atomic mass is 35.5. The van der Waals surface area contributed by atoms with Crippen LogP contribution in [0.4, 0.5) is 11.4 Å². The van der Waals surface area contributed by atoms with Gasteiger partial charge in [0.25, 0.3) is 11.8 Å². The second kappa shape index (κ2) is 9.94. The van der Waals surface area contributed by atoms with Crippen molar-refractivity contribution in [2.45, 2.75) is 13.8 Å². The van der Waals surface area contributed by atoms with Crippen LogP contribution in [0.5, 0.6) is 5.75 Å². The summed E-state index contributed by atoms with van der Waals surface area (Å²) >= 11 is 5.95. The molecule has 30 heavy (non-hydrogen) atoms. The Kier molecular flexibility index (Phi) is 7.09. The average molecular weight is 423 g/mol. The fraction of sp³-hybridized carbons (Fsp3) is 0.167. The molecule has 3 aromatic carbocycles. The van der Waals surface area contributed by atoms with Gasteiger partial charge < -0.3 is 15.4 Å². The number of hydrogen-bond donors (Lipinski definition) is 2. The van der Waals surface area contributed by atoms with Gasteiger partial charge in [0.15, 0.2) is 0 Å². The molecule has 0 aromatic heterocycles. The van der Waals surface area contributed by atoms with Crippen LogP contribution in [0.25, 0.3) is 0 Å². The van der Waals surface area contributed by atoms with Crippen molar-refractivity contribution >= 4 is 34.8 Å². The molecule has 0 saturated carbocycles. The molecule has 3 rings (SSSR count). The van der Waals surface area contributed by atoms with Crippen molar-refractivity contribution < 1.29 is 14.3 Å². The summed E-state index contributed by atoms with van der Waals surface area (Å²) in [7, 11) is 0. The molecule has 0 bridgehead atoms. The van der Waals surface area contributed by atoms with E-state index in [0.717, 1.165) is 5.75 Å². The number of nitrogens with one attached hydrogen (secondary N) is 2. The zero-order valence-electron chi connectivity index (χ0n) is 16.8. The van der Waals surface area contributed by atoms with Crippen LogP contribution in [0.3, 0.4) is 0 Å². The van der Waals surface area contributed by atoms with E-state index in [1.807, 2.05) is 0 Å². The third-order valence-electron chi connectivity index (χ3n) is 4.16. The monoisotopic (exact) mass is 422 g/mol. The van der Waals surface area contributed by atoms with Gasteiger partial charge in [0.2, 0.25) is 0 Å². The molecule has 154 valence electrons. The highest BCUT2D eigenvalue weighted by molar-refractivity contribution is 6.31. The molecule has 0 fully saturated rings. The van der Waals surface area contributed by atoms with E-state index in [-0.39, 0.29) is 11.8 Å². The van der Waals surface area contributed by atoms with Gasteiger partial charge in [-0.1, -0.05) is 37.6 Å². The average Bonchev–Trinajstić information content (AvgIpc) is 2.73. The van der Waals surface area contributed by atoms with E-state index in [4.69, 9.17) is 16.3 Å². The van der Waals surface area contributed by atoms with Crippen LogP contribution < -0.4 is 15.4 Å². The van der Waals surface area contributed by atoms with E-state index < -0.39 is 0 Å². The molecule has 0 aliphatic heterocycles. The maximum Gasteiger partial charge on any atom is 0.255 e. The highest BCUT2D eigenvalue weighted by Gasteiger charge is 2.10.